The van der Waals surface area contributed by atoms with Crippen molar-refractivity contribution in [2.45, 2.75) is 51.4 Å². The smallest absolute Gasteiger partial charge is 0.239 e. The van der Waals surface area contributed by atoms with Gasteiger partial charge in [-0.3, -0.25) is 9.78 Å². The maximum atomic E-state index is 12.7. The summed E-state index contributed by atoms with van der Waals surface area (Å²) in [5, 5.41) is 13.7. The molecule has 1 amide bonds. The monoisotopic (exact) mass is 492 g/mol. The van der Waals surface area contributed by atoms with Gasteiger partial charge in [0.05, 0.1) is 6.54 Å². The third-order valence-corrected chi connectivity index (χ3v) is 7.59. The fourth-order valence-corrected chi connectivity index (χ4v) is 5.62. The van der Waals surface area contributed by atoms with Gasteiger partial charge in [-0.1, -0.05) is 30.2 Å². The molecule has 1 fully saturated rings. The number of anilines is 2. The Morgan fingerprint density at radius 1 is 1.09 bits per heavy atom. The van der Waals surface area contributed by atoms with E-state index in [2.05, 4.69) is 25.4 Å². The third kappa shape index (κ3) is 5.75. The number of rotatable bonds is 8. The largest absolute Gasteiger partial charge is 0.354 e. The summed E-state index contributed by atoms with van der Waals surface area (Å²) >= 11 is 1.64. The number of nitrogens with zero attached hydrogens (tertiary/aromatic N) is 7. The molecule has 3 aromatic rings. The molecular formula is C25H32N8OS. The molecule has 2 aliphatic rings. The molecule has 0 saturated carbocycles. The van der Waals surface area contributed by atoms with Crippen LogP contribution in [0.1, 0.15) is 48.4 Å². The van der Waals surface area contributed by atoms with Gasteiger partial charge < -0.3 is 15.1 Å². The van der Waals surface area contributed by atoms with Gasteiger partial charge in [0.25, 0.3) is 0 Å². The second-order valence-electron chi connectivity index (χ2n) is 9.20. The predicted molar refractivity (Wildman–Crippen MR) is 138 cm³/mol. The van der Waals surface area contributed by atoms with Crippen molar-refractivity contribution in [1.82, 2.24) is 30.5 Å². The Kier molecular flexibility index (Phi) is 7.46. The molecule has 1 aliphatic heterocycles. The van der Waals surface area contributed by atoms with E-state index in [0.29, 0.717) is 18.8 Å². The topological polar surface area (TPSA) is 100 Å². The Balaban J connectivity index is 1.17. The highest BCUT2D eigenvalue weighted by atomic mass is 32.1. The summed E-state index contributed by atoms with van der Waals surface area (Å²) in [6.45, 7) is 2.90. The molecule has 0 unspecified atom stereocenters. The first-order chi connectivity index (χ1) is 17.2. The van der Waals surface area contributed by atoms with Crippen LogP contribution < -0.4 is 15.1 Å². The van der Waals surface area contributed by atoms with E-state index >= 15 is 0 Å². The van der Waals surface area contributed by atoms with Crippen molar-refractivity contribution in [3.63, 3.8) is 0 Å². The van der Waals surface area contributed by atoms with Crippen LogP contribution in [0.15, 0.2) is 24.4 Å². The van der Waals surface area contributed by atoms with Crippen molar-refractivity contribution in [3.05, 3.63) is 40.7 Å². The molecule has 0 radical (unpaired) electrons. The summed E-state index contributed by atoms with van der Waals surface area (Å²) in [7, 11) is 1.92. The van der Waals surface area contributed by atoms with Gasteiger partial charge in [0.1, 0.15) is 16.5 Å². The maximum Gasteiger partial charge on any atom is 0.239 e. The first-order valence-electron chi connectivity index (χ1n) is 12.5. The summed E-state index contributed by atoms with van der Waals surface area (Å²) in [4.78, 5) is 30.9. The standard InChI is InChI=1S/C25H32N8OS/c1-32(24-18-9-8-11-19(18)28-23(29-24)20-10-4-5-13-26-20)17-21(34)27-14-12-22-30-31-25(35-22)33-15-6-2-3-7-16-33/h4-5,10,13H,2-3,6-9,11-12,14-17H2,1H3,(H,27,34). The maximum absolute atomic E-state index is 12.7. The van der Waals surface area contributed by atoms with Gasteiger partial charge >= 0.3 is 0 Å². The van der Waals surface area contributed by atoms with Crippen LogP contribution in [0.5, 0.6) is 0 Å². The second kappa shape index (κ2) is 11.1. The van der Waals surface area contributed by atoms with Crippen molar-refractivity contribution in [1.29, 1.82) is 0 Å². The Hall–Kier alpha value is -3.14. The minimum atomic E-state index is -0.0329. The minimum Gasteiger partial charge on any atom is -0.354 e. The van der Waals surface area contributed by atoms with E-state index in [-0.39, 0.29) is 12.5 Å². The highest BCUT2D eigenvalue weighted by molar-refractivity contribution is 7.15. The van der Waals surface area contributed by atoms with Crippen LogP contribution in [0.2, 0.25) is 0 Å². The van der Waals surface area contributed by atoms with E-state index in [9.17, 15) is 4.79 Å². The summed E-state index contributed by atoms with van der Waals surface area (Å²) < 4.78 is 0. The molecule has 0 bridgehead atoms. The lowest BCUT2D eigenvalue weighted by atomic mass is 10.2. The van der Waals surface area contributed by atoms with Gasteiger partial charge in [-0.05, 0) is 44.2 Å². The van der Waals surface area contributed by atoms with Gasteiger partial charge in [-0.2, -0.15) is 0 Å². The molecule has 35 heavy (non-hydrogen) atoms. The molecule has 0 aromatic carbocycles. The number of hydrogen-bond acceptors (Lipinski definition) is 9. The highest BCUT2D eigenvalue weighted by Crippen LogP contribution is 2.30. The lowest BCUT2D eigenvalue weighted by molar-refractivity contribution is -0.119. The number of likely N-dealkylation sites (N-methyl/N-ethyl adjacent to an activating group) is 1. The number of aryl methyl sites for hydroxylation is 1. The van der Waals surface area contributed by atoms with Crippen LogP contribution in [0.25, 0.3) is 11.5 Å². The van der Waals surface area contributed by atoms with Gasteiger partial charge in [0.2, 0.25) is 11.0 Å². The summed E-state index contributed by atoms with van der Waals surface area (Å²) in [5.74, 6) is 1.41. The molecule has 3 aromatic heterocycles. The predicted octanol–water partition coefficient (Wildman–Crippen LogP) is 3.05. The zero-order chi connectivity index (χ0) is 24.0. The molecule has 0 atom stereocenters. The number of aromatic nitrogens is 5. The number of carbonyl (C=O) groups is 1. The summed E-state index contributed by atoms with van der Waals surface area (Å²) in [6, 6.07) is 5.73. The van der Waals surface area contributed by atoms with Crippen LogP contribution in [0, 0.1) is 0 Å². The molecule has 1 saturated heterocycles. The zero-order valence-corrected chi connectivity index (χ0v) is 21.1. The molecule has 10 heteroatoms. The average molecular weight is 493 g/mol. The Morgan fingerprint density at radius 2 is 1.94 bits per heavy atom. The van der Waals surface area contributed by atoms with Crippen LogP contribution in [0.4, 0.5) is 10.9 Å². The highest BCUT2D eigenvalue weighted by Gasteiger charge is 2.23. The van der Waals surface area contributed by atoms with E-state index < -0.39 is 0 Å². The Labute approximate surface area is 210 Å². The number of carbonyl (C=O) groups excluding carboxylic acids is 1. The first kappa shape index (κ1) is 23.6. The van der Waals surface area contributed by atoms with Crippen LogP contribution >= 0.6 is 11.3 Å². The summed E-state index contributed by atoms with van der Waals surface area (Å²) in [5.41, 5.74) is 2.96. The van der Waals surface area contributed by atoms with Crippen molar-refractivity contribution < 1.29 is 4.79 Å². The van der Waals surface area contributed by atoms with Crippen molar-refractivity contribution in [2.75, 3.05) is 43.0 Å². The van der Waals surface area contributed by atoms with Gasteiger partial charge in [-0.15, -0.1) is 10.2 Å². The van der Waals surface area contributed by atoms with Crippen LogP contribution in [-0.2, 0) is 24.1 Å². The van der Waals surface area contributed by atoms with E-state index in [0.717, 1.165) is 65.3 Å². The quantitative estimate of drug-likeness (QED) is 0.512. The molecular weight excluding hydrogens is 460 g/mol. The normalized spacial score (nSPS) is 15.5. The number of nitrogens with one attached hydrogen (secondary N) is 1. The third-order valence-electron chi connectivity index (χ3n) is 6.54. The van der Waals surface area contributed by atoms with Gasteiger partial charge in [0.15, 0.2) is 5.82 Å². The van der Waals surface area contributed by atoms with Crippen LogP contribution in [0.3, 0.4) is 0 Å². The molecule has 9 nitrogen and oxygen atoms in total. The van der Waals surface area contributed by atoms with Gasteiger partial charge in [-0.25, -0.2) is 9.97 Å². The zero-order valence-electron chi connectivity index (χ0n) is 20.2. The fraction of sp³-hybridized carbons (Fsp3) is 0.520. The minimum absolute atomic E-state index is 0.0329. The Bertz CT molecular complexity index is 1140. The first-order valence-corrected chi connectivity index (χ1v) is 13.4. The number of amides is 1. The van der Waals surface area contributed by atoms with Crippen LogP contribution in [-0.4, -0.2) is 64.3 Å². The number of pyridine rings is 1. The second-order valence-corrected chi connectivity index (χ2v) is 10.2. The molecule has 1 aliphatic carbocycles. The molecule has 1 N–H and O–H groups in total. The molecule has 184 valence electrons. The van der Waals surface area contributed by atoms with E-state index in [1.807, 2.05) is 30.1 Å². The van der Waals surface area contributed by atoms with E-state index in [4.69, 9.17) is 9.97 Å². The van der Waals surface area contributed by atoms with Crippen molar-refractivity contribution in [3.8, 4) is 11.5 Å². The van der Waals surface area contributed by atoms with Gasteiger partial charge in [0, 0.05) is 50.6 Å². The summed E-state index contributed by atoms with van der Waals surface area (Å²) in [6.07, 6.45) is 10.4. The number of fused-ring (bicyclic) bond motifs is 1. The molecule has 4 heterocycles. The lowest BCUT2D eigenvalue weighted by Crippen LogP contribution is -2.37. The molecule has 5 rings (SSSR count). The number of hydrogen-bond donors (Lipinski definition) is 1. The fourth-order valence-electron chi connectivity index (χ4n) is 4.73. The molecule has 0 spiro atoms. The Morgan fingerprint density at radius 3 is 2.74 bits per heavy atom. The van der Waals surface area contributed by atoms with E-state index in [1.54, 1.807) is 17.5 Å². The van der Waals surface area contributed by atoms with E-state index in [1.165, 1.54) is 25.7 Å². The SMILES string of the molecule is CN(CC(=O)NCCc1nnc(N2CCCCCC2)s1)c1nc(-c2ccccn2)nc2c1CCC2. The average Bonchev–Trinajstić information content (AvgIpc) is 3.46. The van der Waals surface area contributed by atoms with Crippen molar-refractivity contribution >= 4 is 28.2 Å². The van der Waals surface area contributed by atoms with Crippen molar-refractivity contribution in [2.24, 2.45) is 0 Å². The lowest BCUT2D eigenvalue weighted by Gasteiger charge is -2.21.